The van der Waals surface area contributed by atoms with Gasteiger partial charge in [0.15, 0.2) is 0 Å². The highest BCUT2D eigenvalue weighted by Crippen LogP contribution is 2.34. The maximum absolute atomic E-state index is 11.0. The van der Waals surface area contributed by atoms with Gasteiger partial charge in [0.05, 0.1) is 0 Å². The molecular weight excluding hydrogens is 244 g/mol. The molecule has 0 aliphatic carbocycles. The van der Waals surface area contributed by atoms with E-state index < -0.39 is 5.97 Å². The minimum absolute atomic E-state index is 0.355. The monoisotopic (exact) mass is 254 g/mol. The zero-order valence-corrected chi connectivity index (χ0v) is 10.5. The molecule has 2 heterocycles. The van der Waals surface area contributed by atoms with Crippen LogP contribution in [0.1, 0.15) is 22.2 Å². The standard InChI is InChI=1S/C10H10N2O2S2/c1-3-15-8-6-5(2)7(10(13)14)16-9(6)12-4-11-8/h4H,3H2,1-2H3,(H,13,14). The average Bonchev–Trinajstić information content (AvgIpc) is 2.58. The van der Waals surface area contributed by atoms with Crippen molar-refractivity contribution in [2.45, 2.75) is 18.9 Å². The molecule has 0 radical (unpaired) electrons. The van der Waals surface area contributed by atoms with Crippen molar-refractivity contribution in [2.24, 2.45) is 0 Å². The second-order valence-corrected chi connectivity index (χ2v) is 5.41. The van der Waals surface area contributed by atoms with Crippen LogP contribution in [0.2, 0.25) is 0 Å². The van der Waals surface area contributed by atoms with Crippen LogP contribution in [0.3, 0.4) is 0 Å². The molecular formula is C10H10N2O2S2. The minimum Gasteiger partial charge on any atom is -0.477 e. The van der Waals surface area contributed by atoms with Gasteiger partial charge in [0, 0.05) is 5.39 Å². The van der Waals surface area contributed by atoms with Crippen molar-refractivity contribution in [3.05, 3.63) is 16.8 Å². The maximum Gasteiger partial charge on any atom is 0.346 e. The molecule has 0 atom stereocenters. The highest BCUT2D eigenvalue weighted by Gasteiger charge is 2.18. The van der Waals surface area contributed by atoms with E-state index >= 15 is 0 Å². The second kappa shape index (κ2) is 4.39. The first-order valence-electron chi connectivity index (χ1n) is 4.75. The largest absolute Gasteiger partial charge is 0.477 e. The number of aryl methyl sites for hydroxylation is 1. The van der Waals surface area contributed by atoms with Crippen LogP contribution >= 0.6 is 23.1 Å². The van der Waals surface area contributed by atoms with E-state index in [9.17, 15) is 4.79 Å². The summed E-state index contributed by atoms with van der Waals surface area (Å²) in [6.45, 7) is 3.85. The number of nitrogens with zero attached hydrogens (tertiary/aromatic N) is 2. The van der Waals surface area contributed by atoms with Gasteiger partial charge in [-0.05, 0) is 18.2 Å². The Bertz CT molecular complexity index is 551. The lowest BCUT2D eigenvalue weighted by molar-refractivity contribution is 0.0701. The molecule has 16 heavy (non-hydrogen) atoms. The van der Waals surface area contributed by atoms with Gasteiger partial charge in [-0.1, -0.05) is 6.92 Å². The molecule has 0 saturated heterocycles. The number of carbonyl (C=O) groups is 1. The molecule has 0 spiro atoms. The molecule has 0 saturated carbocycles. The lowest BCUT2D eigenvalue weighted by Gasteiger charge is -1.99. The number of fused-ring (bicyclic) bond motifs is 1. The van der Waals surface area contributed by atoms with E-state index in [-0.39, 0.29) is 0 Å². The van der Waals surface area contributed by atoms with E-state index in [0.717, 1.165) is 26.6 Å². The Morgan fingerprint density at radius 2 is 2.31 bits per heavy atom. The summed E-state index contributed by atoms with van der Waals surface area (Å²) < 4.78 is 0. The van der Waals surface area contributed by atoms with Gasteiger partial charge in [-0.2, -0.15) is 0 Å². The molecule has 4 nitrogen and oxygen atoms in total. The van der Waals surface area contributed by atoms with E-state index in [1.165, 1.54) is 17.7 Å². The Morgan fingerprint density at radius 3 is 2.94 bits per heavy atom. The van der Waals surface area contributed by atoms with E-state index in [4.69, 9.17) is 5.11 Å². The van der Waals surface area contributed by atoms with Crippen LogP contribution in [0.15, 0.2) is 11.4 Å². The summed E-state index contributed by atoms with van der Waals surface area (Å²) in [5, 5.41) is 10.8. The quantitative estimate of drug-likeness (QED) is 0.674. The third kappa shape index (κ3) is 1.78. The number of aromatic nitrogens is 2. The topological polar surface area (TPSA) is 63.1 Å². The first kappa shape index (κ1) is 11.3. The van der Waals surface area contributed by atoms with E-state index in [1.807, 2.05) is 13.8 Å². The number of carboxylic acids is 1. The third-order valence-corrected chi connectivity index (χ3v) is 4.23. The van der Waals surface area contributed by atoms with Crippen LogP contribution in [-0.2, 0) is 0 Å². The Morgan fingerprint density at radius 1 is 1.56 bits per heavy atom. The van der Waals surface area contributed by atoms with Gasteiger partial charge < -0.3 is 5.11 Å². The molecule has 0 amide bonds. The van der Waals surface area contributed by atoms with Gasteiger partial charge in [0.2, 0.25) is 0 Å². The molecule has 0 aromatic carbocycles. The zero-order chi connectivity index (χ0) is 11.7. The van der Waals surface area contributed by atoms with Crippen molar-refractivity contribution in [2.75, 3.05) is 5.75 Å². The van der Waals surface area contributed by atoms with Crippen LogP contribution in [0.5, 0.6) is 0 Å². The van der Waals surface area contributed by atoms with Crippen molar-refractivity contribution >= 4 is 39.3 Å². The smallest absolute Gasteiger partial charge is 0.346 e. The van der Waals surface area contributed by atoms with Gasteiger partial charge >= 0.3 is 5.97 Å². The fourth-order valence-electron chi connectivity index (χ4n) is 1.49. The second-order valence-electron chi connectivity index (χ2n) is 3.15. The Hall–Kier alpha value is -1.14. The molecule has 2 aromatic heterocycles. The molecule has 0 aliphatic heterocycles. The lowest BCUT2D eigenvalue weighted by atomic mass is 10.2. The number of thioether (sulfide) groups is 1. The van der Waals surface area contributed by atoms with Crippen molar-refractivity contribution in [1.29, 1.82) is 0 Å². The molecule has 84 valence electrons. The summed E-state index contributed by atoms with van der Waals surface area (Å²) in [5.74, 6) is 0.0111. The van der Waals surface area contributed by atoms with Gasteiger partial charge in [0.1, 0.15) is 21.1 Å². The fraction of sp³-hybridized carbons (Fsp3) is 0.300. The summed E-state index contributed by atoms with van der Waals surface area (Å²) in [6, 6.07) is 0. The molecule has 0 aliphatic rings. The number of aromatic carboxylic acids is 1. The summed E-state index contributed by atoms with van der Waals surface area (Å²) in [5.41, 5.74) is 0.768. The summed E-state index contributed by atoms with van der Waals surface area (Å²) in [6.07, 6.45) is 1.49. The van der Waals surface area contributed by atoms with Crippen molar-refractivity contribution in [3.63, 3.8) is 0 Å². The summed E-state index contributed by atoms with van der Waals surface area (Å²) in [4.78, 5) is 20.4. The van der Waals surface area contributed by atoms with E-state index in [2.05, 4.69) is 9.97 Å². The van der Waals surface area contributed by atoms with Crippen molar-refractivity contribution in [3.8, 4) is 0 Å². The van der Waals surface area contributed by atoms with Crippen LogP contribution in [-0.4, -0.2) is 26.8 Å². The van der Waals surface area contributed by atoms with Crippen LogP contribution in [0.4, 0.5) is 0 Å². The van der Waals surface area contributed by atoms with Gasteiger partial charge in [-0.25, -0.2) is 14.8 Å². The number of hydrogen-bond acceptors (Lipinski definition) is 5. The first-order chi connectivity index (χ1) is 7.65. The van der Waals surface area contributed by atoms with E-state index in [1.54, 1.807) is 11.8 Å². The Balaban J connectivity index is 2.71. The molecule has 2 rings (SSSR count). The summed E-state index contributed by atoms with van der Waals surface area (Å²) in [7, 11) is 0. The number of hydrogen-bond donors (Lipinski definition) is 1. The van der Waals surface area contributed by atoms with Crippen molar-refractivity contribution in [1.82, 2.24) is 9.97 Å². The van der Waals surface area contributed by atoms with Crippen LogP contribution in [0.25, 0.3) is 10.2 Å². The molecule has 0 unspecified atom stereocenters. The number of carboxylic acid groups (broad SMARTS) is 1. The first-order valence-corrected chi connectivity index (χ1v) is 6.55. The summed E-state index contributed by atoms with van der Waals surface area (Å²) >= 11 is 2.81. The zero-order valence-electron chi connectivity index (χ0n) is 8.85. The maximum atomic E-state index is 11.0. The highest BCUT2D eigenvalue weighted by molar-refractivity contribution is 7.99. The third-order valence-electron chi connectivity index (χ3n) is 2.17. The molecule has 2 aromatic rings. The van der Waals surface area contributed by atoms with Gasteiger partial charge in [0.25, 0.3) is 0 Å². The van der Waals surface area contributed by atoms with Gasteiger partial charge in [-0.3, -0.25) is 0 Å². The predicted octanol–water partition coefficient (Wildman–Crippen LogP) is 2.81. The number of rotatable bonds is 3. The Labute approximate surface area is 101 Å². The number of thiophene rings is 1. The fourth-order valence-corrected chi connectivity index (χ4v) is 3.33. The normalized spacial score (nSPS) is 10.9. The average molecular weight is 254 g/mol. The SMILES string of the molecule is CCSc1ncnc2sc(C(=O)O)c(C)c12. The highest BCUT2D eigenvalue weighted by atomic mass is 32.2. The minimum atomic E-state index is -0.895. The molecule has 6 heteroatoms. The molecule has 0 fully saturated rings. The van der Waals surface area contributed by atoms with E-state index in [0.29, 0.717) is 4.88 Å². The van der Waals surface area contributed by atoms with Crippen molar-refractivity contribution < 1.29 is 9.90 Å². The van der Waals surface area contributed by atoms with Crippen LogP contribution < -0.4 is 0 Å². The Kier molecular flexibility index (Phi) is 3.11. The van der Waals surface area contributed by atoms with Crippen LogP contribution in [0, 0.1) is 6.92 Å². The molecule has 1 N–H and O–H groups in total. The molecule has 0 bridgehead atoms. The predicted molar refractivity (Wildman–Crippen MR) is 65.5 cm³/mol. The lowest BCUT2D eigenvalue weighted by Crippen LogP contribution is -1.94. The van der Waals surface area contributed by atoms with Gasteiger partial charge in [-0.15, -0.1) is 23.1 Å².